The van der Waals surface area contributed by atoms with E-state index < -0.39 is 0 Å². The summed E-state index contributed by atoms with van der Waals surface area (Å²) in [6.45, 7) is 2.14. The second-order valence-corrected chi connectivity index (χ2v) is 1.76. The van der Waals surface area contributed by atoms with Crippen molar-refractivity contribution in [2.75, 3.05) is 0 Å². The molecule has 0 saturated carbocycles. The minimum Gasteiger partial charge on any atom is -0.294 e. The van der Waals surface area contributed by atoms with Crippen LogP contribution in [0.1, 0.15) is 19.8 Å². The minimum absolute atomic E-state index is 0.616. The lowest BCUT2D eigenvalue weighted by Gasteiger charge is -1.88. The molecule has 1 heterocycles. The van der Waals surface area contributed by atoms with Gasteiger partial charge >= 0.3 is 0 Å². The fourth-order valence-electron chi connectivity index (χ4n) is 0.645. The lowest BCUT2D eigenvalue weighted by molar-refractivity contribution is 0.739. The summed E-state index contributed by atoms with van der Waals surface area (Å²) in [6.07, 6.45) is 4.46. The molecule has 0 aromatic rings. The summed E-state index contributed by atoms with van der Waals surface area (Å²) in [4.78, 5) is 4.11. The number of nitrogens with zero attached hydrogens (tertiary/aromatic N) is 1. The summed E-state index contributed by atoms with van der Waals surface area (Å²) in [6, 6.07) is 0.616. The summed E-state index contributed by atoms with van der Waals surface area (Å²) >= 11 is 0. The number of hydrogen-bond acceptors (Lipinski definition) is 1. The molecule has 0 unspecified atom stereocenters. The van der Waals surface area contributed by atoms with Gasteiger partial charge in [0.15, 0.2) is 0 Å². The van der Waals surface area contributed by atoms with Crippen LogP contribution in [0.5, 0.6) is 0 Å². The Morgan fingerprint density at radius 3 is 2.83 bits per heavy atom. The molecule has 0 N–H and O–H groups in total. The van der Waals surface area contributed by atoms with Crippen molar-refractivity contribution in [2.24, 2.45) is 4.99 Å². The number of rotatable bonds is 0. The van der Waals surface area contributed by atoms with Gasteiger partial charge in [0.1, 0.15) is 0 Å². The van der Waals surface area contributed by atoms with Crippen molar-refractivity contribution in [2.45, 2.75) is 25.8 Å². The maximum Gasteiger partial charge on any atom is 0.0471 e. The van der Waals surface area contributed by atoms with Crippen molar-refractivity contribution in [1.29, 1.82) is 0 Å². The third-order valence-electron chi connectivity index (χ3n) is 1.07. The van der Waals surface area contributed by atoms with Gasteiger partial charge in [-0.05, 0) is 26.0 Å². The van der Waals surface area contributed by atoms with Gasteiger partial charge in [-0.15, -0.1) is 0 Å². The second kappa shape index (κ2) is 1.41. The topological polar surface area (TPSA) is 12.4 Å². The molecular formula is C5H9N. The van der Waals surface area contributed by atoms with Crippen LogP contribution in [0, 0.1) is 0 Å². The van der Waals surface area contributed by atoms with Crippen molar-refractivity contribution < 1.29 is 0 Å². The Morgan fingerprint density at radius 2 is 2.67 bits per heavy atom. The third kappa shape index (κ3) is 0.588. The Balaban J connectivity index is 2.38. The molecule has 1 nitrogen and oxygen atoms in total. The van der Waals surface area contributed by atoms with Gasteiger partial charge in [0, 0.05) is 6.04 Å². The normalized spacial score (nSPS) is 31.8. The van der Waals surface area contributed by atoms with Crippen LogP contribution in [0.25, 0.3) is 0 Å². The Hall–Kier alpha value is -0.330. The average Bonchev–Trinajstić information content (AvgIpc) is 1.86. The summed E-state index contributed by atoms with van der Waals surface area (Å²) in [7, 11) is 0. The van der Waals surface area contributed by atoms with Gasteiger partial charge < -0.3 is 0 Å². The van der Waals surface area contributed by atoms with Crippen LogP contribution in [0.4, 0.5) is 0 Å². The van der Waals surface area contributed by atoms with Crippen LogP contribution in [0.2, 0.25) is 0 Å². The molecule has 1 aliphatic heterocycles. The molecule has 34 valence electrons. The van der Waals surface area contributed by atoms with Crippen molar-refractivity contribution in [3.63, 3.8) is 0 Å². The quantitative estimate of drug-likeness (QED) is 0.418. The summed E-state index contributed by atoms with van der Waals surface area (Å²) in [5, 5.41) is 0. The van der Waals surface area contributed by atoms with Crippen LogP contribution in [-0.4, -0.2) is 12.3 Å². The van der Waals surface area contributed by atoms with Gasteiger partial charge in [0.05, 0.1) is 0 Å². The van der Waals surface area contributed by atoms with Crippen LogP contribution in [0.15, 0.2) is 4.99 Å². The van der Waals surface area contributed by atoms with Crippen molar-refractivity contribution in [1.82, 2.24) is 0 Å². The maximum absolute atomic E-state index is 4.11. The molecule has 1 atom stereocenters. The summed E-state index contributed by atoms with van der Waals surface area (Å²) in [5.74, 6) is 0. The van der Waals surface area contributed by atoms with Crippen LogP contribution >= 0.6 is 0 Å². The molecule has 0 aromatic heterocycles. The lowest BCUT2D eigenvalue weighted by Crippen LogP contribution is -1.86. The lowest BCUT2D eigenvalue weighted by atomic mass is 10.2. The highest BCUT2D eigenvalue weighted by Crippen LogP contribution is 2.04. The zero-order valence-corrected chi connectivity index (χ0v) is 4.02. The van der Waals surface area contributed by atoms with E-state index in [1.54, 1.807) is 0 Å². The molecule has 1 aliphatic rings. The van der Waals surface area contributed by atoms with Gasteiger partial charge in [-0.2, -0.15) is 0 Å². The zero-order valence-electron chi connectivity index (χ0n) is 4.02. The molecule has 0 saturated heterocycles. The van der Waals surface area contributed by atoms with E-state index >= 15 is 0 Å². The van der Waals surface area contributed by atoms with E-state index in [2.05, 4.69) is 11.9 Å². The van der Waals surface area contributed by atoms with E-state index in [4.69, 9.17) is 0 Å². The van der Waals surface area contributed by atoms with E-state index in [-0.39, 0.29) is 0 Å². The van der Waals surface area contributed by atoms with E-state index in [0.717, 1.165) is 0 Å². The molecule has 1 heteroatoms. The maximum atomic E-state index is 4.11. The Kier molecular flexibility index (Phi) is 0.906. The molecule has 0 spiro atoms. The number of aliphatic imine (C=N–C) groups is 1. The van der Waals surface area contributed by atoms with Crippen LogP contribution in [0.3, 0.4) is 0 Å². The molecule has 0 radical (unpaired) electrons. The zero-order chi connectivity index (χ0) is 4.41. The van der Waals surface area contributed by atoms with Gasteiger partial charge in [0.25, 0.3) is 0 Å². The fraction of sp³-hybridized carbons (Fsp3) is 0.800. The summed E-state index contributed by atoms with van der Waals surface area (Å²) < 4.78 is 0. The monoisotopic (exact) mass is 83.1 g/mol. The SMILES string of the molecule is C[C@@H]1CCC=N1. The smallest absolute Gasteiger partial charge is 0.0471 e. The van der Waals surface area contributed by atoms with E-state index in [0.29, 0.717) is 6.04 Å². The Bertz CT molecular complexity index is 66.3. The van der Waals surface area contributed by atoms with Gasteiger partial charge in [-0.25, -0.2) is 0 Å². The molecule has 0 aliphatic carbocycles. The second-order valence-electron chi connectivity index (χ2n) is 1.76. The first-order chi connectivity index (χ1) is 2.89. The largest absolute Gasteiger partial charge is 0.294 e. The molecule has 6 heavy (non-hydrogen) atoms. The van der Waals surface area contributed by atoms with E-state index in [9.17, 15) is 0 Å². The molecule has 1 rings (SSSR count). The van der Waals surface area contributed by atoms with Crippen molar-refractivity contribution in [3.8, 4) is 0 Å². The van der Waals surface area contributed by atoms with Crippen molar-refractivity contribution in [3.05, 3.63) is 0 Å². The highest BCUT2D eigenvalue weighted by Gasteiger charge is 2.00. The molecule has 0 amide bonds. The highest BCUT2D eigenvalue weighted by atomic mass is 14.8. The average molecular weight is 83.1 g/mol. The minimum atomic E-state index is 0.616. The first-order valence-electron chi connectivity index (χ1n) is 2.41. The molecular weight excluding hydrogens is 74.1 g/mol. The Labute approximate surface area is 38.1 Å². The van der Waals surface area contributed by atoms with Gasteiger partial charge in [-0.1, -0.05) is 0 Å². The fourth-order valence-corrected chi connectivity index (χ4v) is 0.645. The van der Waals surface area contributed by atoms with E-state index in [1.807, 2.05) is 6.21 Å². The van der Waals surface area contributed by atoms with Gasteiger partial charge in [0.2, 0.25) is 0 Å². The van der Waals surface area contributed by atoms with Crippen LogP contribution in [-0.2, 0) is 0 Å². The number of hydrogen-bond donors (Lipinski definition) is 0. The first kappa shape index (κ1) is 3.85. The third-order valence-corrected chi connectivity index (χ3v) is 1.07. The molecule has 0 bridgehead atoms. The predicted molar refractivity (Wildman–Crippen MR) is 27.2 cm³/mol. The van der Waals surface area contributed by atoms with E-state index in [1.165, 1.54) is 12.8 Å². The first-order valence-corrected chi connectivity index (χ1v) is 2.41. The Morgan fingerprint density at radius 1 is 1.83 bits per heavy atom. The summed E-state index contributed by atoms with van der Waals surface area (Å²) in [5.41, 5.74) is 0. The standard InChI is InChI=1S/C5H9N/c1-5-3-2-4-6-5/h4-5H,2-3H2,1H3/t5-/m1/s1. The van der Waals surface area contributed by atoms with Crippen molar-refractivity contribution >= 4 is 6.21 Å². The van der Waals surface area contributed by atoms with Crippen LogP contribution < -0.4 is 0 Å². The molecule has 0 aromatic carbocycles. The highest BCUT2D eigenvalue weighted by molar-refractivity contribution is 5.59. The van der Waals surface area contributed by atoms with Gasteiger partial charge in [-0.3, -0.25) is 4.99 Å². The molecule has 0 fully saturated rings. The predicted octanol–water partition coefficient (Wildman–Crippen LogP) is 1.24.